The highest BCUT2D eigenvalue weighted by atomic mass is 16.6. The molecule has 0 spiro atoms. The highest BCUT2D eigenvalue weighted by Gasteiger charge is 2.15. The fraction of sp³-hybridized carbons (Fsp3) is 1.00. The zero-order valence-electron chi connectivity index (χ0n) is 9.24. The van der Waals surface area contributed by atoms with Crippen molar-refractivity contribution in [3.63, 3.8) is 0 Å². The van der Waals surface area contributed by atoms with Gasteiger partial charge in [0, 0.05) is 32.7 Å². The highest BCUT2D eigenvalue weighted by molar-refractivity contribution is 4.71. The number of hydrogen-bond donors (Lipinski definition) is 1. The van der Waals surface area contributed by atoms with Gasteiger partial charge >= 0.3 is 0 Å². The van der Waals surface area contributed by atoms with Crippen molar-refractivity contribution in [3.8, 4) is 0 Å². The molecular weight excluding hydrogens is 178 g/mol. The summed E-state index contributed by atoms with van der Waals surface area (Å²) in [6, 6.07) is 0. The third-order valence-electron chi connectivity index (χ3n) is 2.82. The van der Waals surface area contributed by atoms with Gasteiger partial charge in [0.05, 0.1) is 6.61 Å². The number of piperazine rings is 1. The first-order valence-electron chi connectivity index (χ1n) is 5.63. The second kappa shape index (κ2) is 7.17. The summed E-state index contributed by atoms with van der Waals surface area (Å²) in [6.07, 6.45) is 2.62. The third-order valence-corrected chi connectivity index (χ3v) is 2.82. The van der Waals surface area contributed by atoms with Gasteiger partial charge in [-0.1, -0.05) is 13.3 Å². The minimum absolute atomic E-state index is 0.648. The Hall–Kier alpha value is -0.160. The monoisotopic (exact) mass is 201 g/mol. The minimum atomic E-state index is 0.648. The molecule has 0 aromatic carbocycles. The zero-order valence-corrected chi connectivity index (χ0v) is 9.24. The van der Waals surface area contributed by atoms with Crippen LogP contribution in [0.15, 0.2) is 0 Å². The number of nitrogens with two attached hydrogens (primary N) is 1. The lowest BCUT2D eigenvalue weighted by molar-refractivity contribution is 0.0757. The van der Waals surface area contributed by atoms with E-state index in [1.54, 1.807) is 0 Å². The number of unbranched alkanes of at least 4 members (excludes halogenated alkanes) is 1. The van der Waals surface area contributed by atoms with Crippen molar-refractivity contribution in [1.29, 1.82) is 0 Å². The smallest absolute Gasteiger partial charge is 0.0806 e. The summed E-state index contributed by atoms with van der Waals surface area (Å²) < 4.78 is 0. The van der Waals surface area contributed by atoms with Gasteiger partial charge in [-0.25, -0.2) is 5.90 Å². The van der Waals surface area contributed by atoms with Crippen LogP contribution < -0.4 is 5.90 Å². The predicted molar refractivity (Wildman–Crippen MR) is 57.9 cm³/mol. The second-order valence-corrected chi connectivity index (χ2v) is 3.91. The van der Waals surface area contributed by atoms with Gasteiger partial charge in [0.15, 0.2) is 0 Å². The molecule has 4 heteroatoms. The number of hydrogen-bond acceptors (Lipinski definition) is 4. The third kappa shape index (κ3) is 4.37. The summed E-state index contributed by atoms with van der Waals surface area (Å²) in [4.78, 5) is 9.54. The van der Waals surface area contributed by atoms with Crippen molar-refractivity contribution < 1.29 is 4.84 Å². The van der Waals surface area contributed by atoms with Crippen LogP contribution in [0.5, 0.6) is 0 Å². The topological polar surface area (TPSA) is 41.7 Å². The van der Waals surface area contributed by atoms with Gasteiger partial charge in [-0.15, -0.1) is 0 Å². The van der Waals surface area contributed by atoms with Gasteiger partial charge in [-0.2, -0.15) is 0 Å². The van der Waals surface area contributed by atoms with Gasteiger partial charge in [-0.3, -0.25) is 4.90 Å². The van der Waals surface area contributed by atoms with E-state index in [1.165, 1.54) is 32.5 Å². The van der Waals surface area contributed by atoms with Crippen LogP contribution in [0.3, 0.4) is 0 Å². The van der Waals surface area contributed by atoms with Crippen molar-refractivity contribution in [2.24, 2.45) is 5.90 Å². The first-order valence-corrected chi connectivity index (χ1v) is 5.63. The molecule has 0 unspecified atom stereocenters. The molecule has 0 radical (unpaired) electrons. The average molecular weight is 201 g/mol. The molecule has 0 bridgehead atoms. The van der Waals surface area contributed by atoms with Gasteiger partial charge in [0.2, 0.25) is 0 Å². The first kappa shape index (κ1) is 11.9. The van der Waals surface area contributed by atoms with Crippen molar-refractivity contribution in [1.82, 2.24) is 9.80 Å². The Labute approximate surface area is 86.9 Å². The SMILES string of the molecule is CCCCN1CCN(CCON)CC1. The molecule has 1 saturated heterocycles. The summed E-state index contributed by atoms with van der Waals surface area (Å²) in [5.41, 5.74) is 0. The zero-order chi connectivity index (χ0) is 10.2. The van der Waals surface area contributed by atoms with Gasteiger partial charge in [0.1, 0.15) is 0 Å². The molecule has 0 aromatic heterocycles. The van der Waals surface area contributed by atoms with Gasteiger partial charge in [-0.05, 0) is 13.0 Å². The van der Waals surface area contributed by atoms with Crippen LogP contribution in [0, 0.1) is 0 Å². The van der Waals surface area contributed by atoms with E-state index in [0.29, 0.717) is 6.61 Å². The molecule has 14 heavy (non-hydrogen) atoms. The fourth-order valence-corrected chi connectivity index (χ4v) is 1.80. The lowest BCUT2D eigenvalue weighted by Gasteiger charge is -2.34. The normalized spacial score (nSPS) is 20.1. The van der Waals surface area contributed by atoms with E-state index in [-0.39, 0.29) is 0 Å². The van der Waals surface area contributed by atoms with Crippen LogP contribution in [0.25, 0.3) is 0 Å². The van der Waals surface area contributed by atoms with Gasteiger partial charge < -0.3 is 9.74 Å². The van der Waals surface area contributed by atoms with Crippen molar-refractivity contribution in [3.05, 3.63) is 0 Å². The van der Waals surface area contributed by atoms with E-state index in [4.69, 9.17) is 5.90 Å². The Morgan fingerprint density at radius 1 is 1.07 bits per heavy atom. The Bertz CT molecular complexity index is 119. The number of nitrogens with zero attached hydrogens (tertiary/aromatic N) is 2. The second-order valence-electron chi connectivity index (χ2n) is 3.91. The highest BCUT2D eigenvalue weighted by Crippen LogP contribution is 2.02. The standard InChI is InChI=1S/C10H23N3O/c1-2-3-4-12-5-7-13(8-6-12)9-10-14-11/h2-11H2,1H3. The Morgan fingerprint density at radius 3 is 2.14 bits per heavy atom. The molecule has 84 valence electrons. The molecule has 0 atom stereocenters. The lowest BCUT2D eigenvalue weighted by atomic mass is 10.2. The minimum Gasteiger partial charge on any atom is -0.303 e. The quantitative estimate of drug-likeness (QED) is 0.627. The summed E-state index contributed by atoms with van der Waals surface area (Å²) in [7, 11) is 0. The Kier molecular flexibility index (Phi) is 6.10. The molecule has 1 fully saturated rings. The van der Waals surface area contributed by atoms with E-state index in [9.17, 15) is 0 Å². The fourth-order valence-electron chi connectivity index (χ4n) is 1.80. The van der Waals surface area contributed by atoms with E-state index >= 15 is 0 Å². The first-order chi connectivity index (χ1) is 6.86. The summed E-state index contributed by atoms with van der Waals surface area (Å²) in [5, 5.41) is 0. The van der Waals surface area contributed by atoms with E-state index in [0.717, 1.165) is 19.6 Å². The molecule has 0 amide bonds. The maximum atomic E-state index is 5.00. The largest absolute Gasteiger partial charge is 0.303 e. The number of rotatable bonds is 6. The van der Waals surface area contributed by atoms with Crippen LogP contribution >= 0.6 is 0 Å². The molecule has 0 saturated carbocycles. The van der Waals surface area contributed by atoms with Crippen molar-refractivity contribution in [2.45, 2.75) is 19.8 Å². The Morgan fingerprint density at radius 2 is 1.64 bits per heavy atom. The summed E-state index contributed by atoms with van der Waals surface area (Å²) in [5.74, 6) is 5.00. The molecule has 1 aliphatic rings. The summed E-state index contributed by atoms with van der Waals surface area (Å²) in [6.45, 7) is 9.84. The average Bonchev–Trinajstić information content (AvgIpc) is 2.25. The Balaban J connectivity index is 2.05. The molecular formula is C10H23N3O. The van der Waals surface area contributed by atoms with Crippen molar-refractivity contribution in [2.75, 3.05) is 45.9 Å². The molecule has 4 nitrogen and oxygen atoms in total. The van der Waals surface area contributed by atoms with Crippen LogP contribution in [-0.2, 0) is 4.84 Å². The van der Waals surface area contributed by atoms with Crippen LogP contribution in [0.4, 0.5) is 0 Å². The van der Waals surface area contributed by atoms with E-state index < -0.39 is 0 Å². The van der Waals surface area contributed by atoms with Gasteiger partial charge in [0.25, 0.3) is 0 Å². The van der Waals surface area contributed by atoms with Crippen LogP contribution in [0.2, 0.25) is 0 Å². The molecule has 1 rings (SSSR count). The van der Waals surface area contributed by atoms with Crippen LogP contribution in [-0.4, -0.2) is 55.7 Å². The van der Waals surface area contributed by atoms with Crippen molar-refractivity contribution >= 4 is 0 Å². The lowest BCUT2D eigenvalue weighted by Crippen LogP contribution is -2.47. The molecule has 0 aromatic rings. The maximum Gasteiger partial charge on any atom is 0.0806 e. The molecule has 1 heterocycles. The van der Waals surface area contributed by atoms with E-state index in [2.05, 4.69) is 21.6 Å². The van der Waals surface area contributed by atoms with E-state index in [1.807, 2.05) is 0 Å². The predicted octanol–water partition coefficient (Wildman–Crippen LogP) is 0.294. The maximum absolute atomic E-state index is 5.00. The van der Waals surface area contributed by atoms with Crippen LogP contribution in [0.1, 0.15) is 19.8 Å². The molecule has 2 N–H and O–H groups in total. The molecule has 0 aliphatic carbocycles. The summed E-state index contributed by atoms with van der Waals surface area (Å²) >= 11 is 0. The molecule has 1 aliphatic heterocycles.